The van der Waals surface area contributed by atoms with Crippen molar-refractivity contribution in [2.24, 2.45) is 5.73 Å². The van der Waals surface area contributed by atoms with E-state index in [2.05, 4.69) is 34.7 Å². The van der Waals surface area contributed by atoms with Gasteiger partial charge in [-0.15, -0.1) is 26.3 Å². The number of carbonyl (C=O) groups excluding carboxylic acids is 3. The number of aliphatic carboxylic acids is 1. The van der Waals surface area contributed by atoms with Crippen LogP contribution in [-0.4, -0.2) is 109 Å². The lowest BCUT2D eigenvalue weighted by molar-refractivity contribution is -0.275. The monoisotopic (exact) mass is 1190 g/mol. The van der Waals surface area contributed by atoms with Gasteiger partial charge in [0.25, 0.3) is 23.7 Å². The van der Waals surface area contributed by atoms with Crippen LogP contribution in [0.5, 0.6) is 11.5 Å². The van der Waals surface area contributed by atoms with Gasteiger partial charge >= 0.3 is 18.7 Å². The summed E-state index contributed by atoms with van der Waals surface area (Å²) in [4.78, 5) is 66.3. The van der Waals surface area contributed by atoms with Crippen molar-refractivity contribution in [1.29, 1.82) is 0 Å². The second-order valence-corrected chi connectivity index (χ2v) is 19.0. The highest BCUT2D eigenvalue weighted by Crippen LogP contribution is 2.39. The minimum atomic E-state index is -5.02. The number of carboxylic acid groups (broad SMARTS) is 1. The van der Waals surface area contributed by atoms with Gasteiger partial charge in [0.05, 0.1) is 35.6 Å². The van der Waals surface area contributed by atoms with Gasteiger partial charge in [0.15, 0.2) is 22.7 Å². The number of aromatic nitrogens is 4. The van der Waals surface area contributed by atoms with E-state index in [4.69, 9.17) is 19.7 Å². The van der Waals surface area contributed by atoms with E-state index in [-0.39, 0.29) is 95.4 Å². The fourth-order valence-electron chi connectivity index (χ4n) is 8.58. The molecule has 444 valence electrons. The van der Waals surface area contributed by atoms with Gasteiger partial charge in [-0.3, -0.25) is 34.3 Å². The number of furan rings is 2. The zero-order valence-corrected chi connectivity index (χ0v) is 44.2. The van der Waals surface area contributed by atoms with Crippen LogP contribution in [0.3, 0.4) is 0 Å². The van der Waals surface area contributed by atoms with Crippen LogP contribution < -0.4 is 20.5 Å². The van der Waals surface area contributed by atoms with Crippen LogP contribution in [0.2, 0.25) is 0 Å². The molecule has 2 aromatic carbocycles. The molecule has 27 heteroatoms. The summed E-state index contributed by atoms with van der Waals surface area (Å²) in [6.07, 6.45) is 2.72. The molecule has 10 rings (SSSR count). The Labute approximate surface area is 475 Å². The maximum Gasteiger partial charge on any atom is 0.573 e. The van der Waals surface area contributed by atoms with E-state index >= 15 is 0 Å². The number of benzene rings is 2. The van der Waals surface area contributed by atoms with Crippen LogP contribution in [0.15, 0.2) is 143 Å². The van der Waals surface area contributed by atoms with Gasteiger partial charge in [-0.1, -0.05) is 12.1 Å². The summed E-state index contributed by atoms with van der Waals surface area (Å²) in [7, 11) is 0. The van der Waals surface area contributed by atoms with Gasteiger partial charge in [0.1, 0.15) is 11.5 Å². The summed E-state index contributed by atoms with van der Waals surface area (Å²) in [6, 6.07) is 21.1. The molecular formula is C58H48F10N8O9. The molecule has 17 nitrogen and oxygen atoms in total. The number of fused-ring (bicyclic) bond motifs is 2. The van der Waals surface area contributed by atoms with Gasteiger partial charge in [-0.2, -0.15) is 0 Å². The zero-order chi connectivity index (χ0) is 61.1. The van der Waals surface area contributed by atoms with E-state index in [1.807, 2.05) is 0 Å². The fourth-order valence-corrected chi connectivity index (χ4v) is 8.58. The average molecular weight is 1190 g/mol. The molecule has 2 saturated heterocycles. The SMILES string of the molecule is NCc1cc2cc(-c3ccc(C(=O)N4CCC(F)(F)CC4)cn3)cc(OC(F)(F)F)c2o1.O=C(/C=C/c1cccnc1)NCc1cc2cc(-c3ccc(C(=O)N4CCC(F)(F)CC4)cn3)cc(OC(F)(F)F)c2o1.O=C(O)/C=C/c1cccnc1. The highest BCUT2D eigenvalue weighted by Gasteiger charge is 2.38. The molecule has 0 bridgehead atoms. The number of carbonyl (C=O) groups is 4. The molecule has 3 amide bonds. The molecule has 4 N–H and O–H groups in total. The molecule has 2 aliphatic heterocycles. The molecule has 2 fully saturated rings. The van der Waals surface area contributed by atoms with Crippen LogP contribution in [0.4, 0.5) is 43.9 Å². The second kappa shape index (κ2) is 26.3. The van der Waals surface area contributed by atoms with E-state index < -0.39 is 85.4 Å². The van der Waals surface area contributed by atoms with E-state index in [0.29, 0.717) is 16.5 Å². The summed E-state index contributed by atoms with van der Waals surface area (Å²) in [6.45, 7) is -0.423. The second-order valence-electron chi connectivity index (χ2n) is 19.0. The van der Waals surface area contributed by atoms with Gasteiger partial charge in [-0.05, 0) is 96.1 Å². The smallest absolute Gasteiger partial charge is 0.478 e. The van der Waals surface area contributed by atoms with Gasteiger partial charge in [0.2, 0.25) is 5.91 Å². The van der Waals surface area contributed by atoms with Crippen molar-refractivity contribution in [3.8, 4) is 34.0 Å². The molecular weight excluding hydrogens is 1140 g/mol. The number of amides is 3. The molecule has 0 spiro atoms. The van der Waals surface area contributed by atoms with Crippen molar-refractivity contribution >= 4 is 57.8 Å². The summed E-state index contributed by atoms with van der Waals surface area (Å²) in [5.41, 5.74) is 8.16. The molecule has 6 aromatic heterocycles. The number of pyridine rings is 4. The Morgan fingerprint density at radius 2 is 1.05 bits per heavy atom. The standard InChI is InChI=1S/C29H23F5N4O4.C21H18F5N3O3.C8H7NO2/c30-28(31)7-10-38(11-8-28)27(40)19-4-5-23(36-16-19)20-12-21-13-22(41-26(21)24(14-20)42-29(32,33)34)17-37-25(39)6-3-18-2-1-9-35-15-18;22-20(23)3-5-29(6-4-20)19(30)12-1-2-16(28-11-12)13-7-14-8-15(10-27)31-18(14)17(9-13)32-21(24,25)26;10-8(11)4-3-7-2-1-5-9-6-7/h1-6,9,12-16H,7-8,10-11,17H2,(H,37,39);1-2,7-9,11H,3-6,10,27H2;1-6H,(H,10,11)/b6-3+;;4-3+. The molecule has 2 aliphatic rings. The third-order valence-corrected chi connectivity index (χ3v) is 12.7. The lowest BCUT2D eigenvalue weighted by Crippen LogP contribution is -2.42. The number of hydrogen-bond donors (Lipinski definition) is 3. The normalized spacial score (nSPS) is 15.0. The molecule has 85 heavy (non-hydrogen) atoms. The molecule has 0 atom stereocenters. The van der Waals surface area contributed by atoms with Gasteiger partial charge in [-0.25, -0.2) is 22.4 Å². The molecule has 0 radical (unpaired) electrons. The topological polar surface area (TPSA) is 229 Å². The fraction of sp³-hybridized carbons (Fsp3) is 0.241. The number of halogens is 10. The number of nitrogens with two attached hydrogens (primary N) is 1. The summed E-state index contributed by atoms with van der Waals surface area (Å²) in [5.74, 6) is -8.56. The van der Waals surface area contributed by atoms with Crippen molar-refractivity contribution in [2.75, 3.05) is 26.2 Å². The predicted molar refractivity (Wildman–Crippen MR) is 286 cm³/mol. The van der Waals surface area contributed by atoms with Crippen molar-refractivity contribution in [3.05, 3.63) is 168 Å². The number of piperidine rings is 2. The highest BCUT2D eigenvalue weighted by molar-refractivity contribution is 5.96. The van der Waals surface area contributed by atoms with E-state index in [1.165, 1.54) is 76.8 Å². The lowest BCUT2D eigenvalue weighted by atomic mass is 10.0. The van der Waals surface area contributed by atoms with Gasteiger partial charge in [0, 0.05) is 123 Å². The Bertz CT molecular complexity index is 3690. The van der Waals surface area contributed by atoms with Crippen LogP contribution >= 0.6 is 0 Å². The van der Waals surface area contributed by atoms with Crippen molar-refractivity contribution in [2.45, 2.75) is 63.3 Å². The number of likely N-dealkylation sites (tertiary alicyclic amines) is 2. The quantitative estimate of drug-likeness (QED) is 0.0721. The third-order valence-electron chi connectivity index (χ3n) is 12.7. The Hall–Kier alpha value is -9.66. The first kappa shape index (κ1) is 61.4. The predicted octanol–water partition coefficient (Wildman–Crippen LogP) is 11.9. The van der Waals surface area contributed by atoms with Crippen LogP contribution in [-0.2, 0) is 22.7 Å². The number of rotatable bonds is 13. The minimum Gasteiger partial charge on any atom is -0.478 e. The number of ether oxygens (including phenoxy) is 2. The van der Waals surface area contributed by atoms with E-state index in [0.717, 1.165) is 23.8 Å². The summed E-state index contributed by atoms with van der Waals surface area (Å²) < 4.78 is 151. The molecule has 0 aliphatic carbocycles. The van der Waals surface area contributed by atoms with Crippen LogP contribution in [0.1, 0.15) is 69.0 Å². The summed E-state index contributed by atoms with van der Waals surface area (Å²) in [5, 5.41) is 11.5. The summed E-state index contributed by atoms with van der Waals surface area (Å²) >= 11 is 0. The zero-order valence-electron chi connectivity index (χ0n) is 44.2. The number of nitrogens with one attached hydrogen (secondary N) is 1. The number of alkyl halides is 10. The molecule has 8 heterocycles. The number of nitrogens with zero attached hydrogens (tertiary/aromatic N) is 6. The largest absolute Gasteiger partial charge is 0.573 e. The first-order chi connectivity index (χ1) is 40.3. The van der Waals surface area contributed by atoms with Crippen molar-refractivity contribution in [1.82, 2.24) is 35.1 Å². The minimum absolute atomic E-state index is 0.00698. The Kier molecular flexibility index (Phi) is 19.0. The maximum atomic E-state index is 13.4. The van der Waals surface area contributed by atoms with E-state index in [1.54, 1.807) is 61.2 Å². The molecule has 0 unspecified atom stereocenters. The highest BCUT2D eigenvalue weighted by atomic mass is 19.4. The first-order valence-electron chi connectivity index (χ1n) is 25.6. The maximum absolute atomic E-state index is 13.4. The van der Waals surface area contributed by atoms with Gasteiger partial charge < -0.3 is 44.3 Å². The number of carboxylic acids is 1. The molecule has 0 saturated carbocycles. The van der Waals surface area contributed by atoms with Crippen LogP contribution in [0.25, 0.3) is 56.6 Å². The van der Waals surface area contributed by atoms with E-state index in [9.17, 15) is 63.1 Å². The van der Waals surface area contributed by atoms with Crippen molar-refractivity contribution in [3.63, 3.8) is 0 Å². The van der Waals surface area contributed by atoms with Crippen molar-refractivity contribution < 1.29 is 86.5 Å². The molecule has 8 aromatic rings. The number of hydrogen-bond acceptors (Lipinski definition) is 13. The average Bonchev–Trinajstić information content (AvgIpc) is 3.01. The Morgan fingerprint density at radius 3 is 1.44 bits per heavy atom. The third kappa shape index (κ3) is 17.4. The Morgan fingerprint density at radius 1 is 0.612 bits per heavy atom. The first-order valence-corrected chi connectivity index (χ1v) is 25.6. The lowest BCUT2D eigenvalue weighted by Gasteiger charge is -2.31. The Balaban J connectivity index is 0.000000192. The van der Waals surface area contributed by atoms with Crippen LogP contribution in [0, 0.1) is 0 Å².